The van der Waals surface area contributed by atoms with Crippen LogP contribution in [0.3, 0.4) is 0 Å². The number of β-lactam (4-membered cyclic amide) rings is 1. The smallest absolute Gasteiger partial charge is 0.274 e. The van der Waals surface area contributed by atoms with Crippen LogP contribution in [0.15, 0.2) is 12.4 Å². The molecule has 0 N–H and O–H groups in total. The number of aryl methyl sites for hydroxylation is 1. The summed E-state index contributed by atoms with van der Waals surface area (Å²) in [6, 6.07) is 0.148. The summed E-state index contributed by atoms with van der Waals surface area (Å²) in [5.41, 5.74) is 0.930. The highest BCUT2D eigenvalue weighted by molar-refractivity contribution is 5.92. The molecule has 3 aliphatic rings. The molecule has 0 saturated carbocycles. The summed E-state index contributed by atoms with van der Waals surface area (Å²) in [5, 5.41) is 0. The Labute approximate surface area is 158 Å². The standard InChI is InChI=1S/C19H26N4O4/c1-13-11-21-15(12-20-13)17(24)22-7-3-14(4-8-22)23-18(25)16(26-2)19(23)5-9-27-10-6-19/h11-12,14,16H,3-10H2,1-2H3. The molecule has 0 bridgehead atoms. The van der Waals surface area contributed by atoms with Gasteiger partial charge in [0.05, 0.1) is 17.4 Å². The van der Waals surface area contributed by atoms with Crippen LogP contribution in [0.5, 0.6) is 0 Å². The Morgan fingerprint density at radius 3 is 2.52 bits per heavy atom. The zero-order valence-corrected chi connectivity index (χ0v) is 15.9. The van der Waals surface area contributed by atoms with Crippen LogP contribution in [-0.2, 0) is 14.3 Å². The number of hydrogen-bond acceptors (Lipinski definition) is 6. The van der Waals surface area contributed by atoms with E-state index in [0.29, 0.717) is 32.0 Å². The van der Waals surface area contributed by atoms with Gasteiger partial charge in [-0.2, -0.15) is 0 Å². The van der Waals surface area contributed by atoms with E-state index in [1.165, 1.54) is 6.20 Å². The molecule has 3 fully saturated rings. The van der Waals surface area contributed by atoms with Crippen molar-refractivity contribution in [1.82, 2.24) is 19.8 Å². The van der Waals surface area contributed by atoms with Gasteiger partial charge in [0, 0.05) is 45.7 Å². The average Bonchev–Trinajstić information content (AvgIpc) is 2.70. The van der Waals surface area contributed by atoms with Crippen molar-refractivity contribution in [3.63, 3.8) is 0 Å². The SMILES string of the molecule is COC1C(=O)N(C2CCN(C(=O)c3cnc(C)cn3)CC2)C12CCOCC2. The maximum absolute atomic E-state index is 12.7. The van der Waals surface area contributed by atoms with Gasteiger partial charge in [0.1, 0.15) is 5.69 Å². The third kappa shape index (κ3) is 3.00. The van der Waals surface area contributed by atoms with Gasteiger partial charge in [0.15, 0.2) is 6.10 Å². The number of nitrogens with zero attached hydrogens (tertiary/aromatic N) is 4. The Morgan fingerprint density at radius 2 is 1.93 bits per heavy atom. The molecule has 0 aliphatic carbocycles. The predicted molar refractivity (Wildman–Crippen MR) is 96.1 cm³/mol. The normalized spacial score (nSPS) is 25.6. The minimum absolute atomic E-state index is 0.0774. The second-order valence-corrected chi connectivity index (χ2v) is 7.61. The molecule has 1 aromatic heterocycles. The molecule has 8 heteroatoms. The molecule has 8 nitrogen and oxygen atoms in total. The molecular weight excluding hydrogens is 348 g/mol. The summed E-state index contributed by atoms with van der Waals surface area (Å²) in [7, 11) is 1.61. The van der Waals surface area contributed by atoms with Crippen molar-refractivity contribution in [2.45, 2.75) is 50.3 Å². The maximum atomic E-state index is 12.7. The molecule has 1 spiro atoms. The third-order valence-corrected chi connectivity index (χ3v) is 6.14. The van der Waals surface area contributed by atoms with Crippen LogP contribution >= 0.6 is 0 Å². The highest BCUT2D eigenvalue weighted by Gasteiger charge is 2.62. The zero-order chi connectivity index (χ0) is 19.0. The summed E-state index contributed by atoms with van der Waals surface area (Å²) in [6.07, 6.45) is 5.96. The molecular formula is C19H26N4O4. The van der Waals surface area contributed by atoms with E-state index in [1.54, 1.807) is 13.3 Å². The van der Waals surface area contributed by atoms with Crippen LogP contribution in [0, 0.1) is 6.92 Å². The molecule has 0 radical (unpaired) electrons. The van der Waals surface area contributed by atoms with Gasteiger partial charge in [0.2, 0.25) is 0 Å². The van der Waals surface area contributed by atoms with E-state index >= 15 is 0 Å². The number of aromatic nitrogens is 2. The number of carbonyl (C=O) groups is 2. The van der Waals surface area contributed by atoms with Gasteiger partial charge < -0.3 is 19.3 Å². The first kappa shape index (κ1) is 18.3. The topological polar surface area (TPSA) is 84.9 Å². The van der Waals surface area contributed by atoms with E-state index in [1.807, 2.05) is 16.7 Å². The lowest BCUT2D eigenvalue weighted by Crippen LogP contribution is -2.79. The van der Waals surface area contributed by atoms with Crippen LogP contribution < -0.4 is 0 Å². The Hall–Kier alpha value is -2.06. The molecule has 3 aliphatic heterocycles. The van der Waals surface area contributed by atoms with Crippen molar-refractivity contribution in [1.29, 1.82) is 0 Å². The van der Waals surface area contributed by atoms with E-state index in [4.69, 9.17) is 9.47 Å². The molecule has 3 saturated heterocycles. The maximum Gasteiger partial charge on any atom is 0.274 e. The minimum Gasteiger partial charge on any atom is -0.381 e. The molecule has 2 amide bonds. The fraction of sp³-hybridized carbons (Fsp3) is 0.684. The fourth-order valence-electron chi connectivity index (χ4n) is 4.72. The van der Waals surface area contributed by atoms with E-state index in [2.05, 4.69) is 9.97 Å². The number of carbonyl (C=O) groups excluding carboxylic acids is 2. The molecule has 1 atom stereocenters. The van der Waals surface area contributed by atoms with Gasteiger partial charge in [-0.3, -0.25) is 14.6 Å². The first-order valence-corrected chi connectivity index (χ1v) is 9.58. The van der Waals surface area contributed by atoms with E-state index in [-0.39, 0.29) is 29.5 Å². The lowest BCUT2D eigenvalue weighted by molar-refractivity contribution is -0.213. The van der Waals surface area contributed by atoms with Crippen molar-refractivity contribution in [2.75, 3.05) is 33.4 Å². The van der Waals surface area contributed by atoms with Crippen LogP contribution in [0.1, 0.15) is 41.9 Å². The number of likely N-dealkylation sites (tertiary alicyclic amines) is 2. The molecule has 27 heavy (non-hydrogen) atoms. The van der Waals surface area contributed by atoms with Crippen LogP contribution in [0.25, 0.3) is 0 Å². The Kier molecular flexibility index (Phi) is 4.86. The molecule has 1 aromatic rings. The third-order valence-electron chi connectivity index (χ3n) is 6.14. The van der Waals surface area contributed by atoms with Gasteiger partial charge in [-0.15, -0.1) is 0 Å². The number of hydrogen-bond donors (Lipinski definition) is 0. The molecule has 1 unspecified atom stereocenters. The Balaban J connectivity index is 1.42. The summed E-state index contributed by atoms with van der Waals surface area (Å²) in [6.45, 7) is 4.40. The lowest BCUT2D eigenvalue weighted by Gasteiger charge is -2.61. The monoisotopic (exact) mass is 374 g/mol. The van der Waals surface area contributed by atoms with Gasteiger partial charge in [0.25, 0.3) is 11.8 Å². The van der Waals surface area contributed by atoms with E-state index < -0.39 is 0 Å². The highest BCUT2D eigenvalue weighted by atomic mass is 16.5. The number of methoxy groups -OCH3 is 1. The lowest BCUT2D eigenvalue weighted by atomic mass is 9.72. The van der Waals surface area contributed by atoms with Gasteiger partial charge in [-0.05, 0) is 32.6 Å². The van der Waals surface area contributed by atoms with Crippen LogP contribution in [0.4, 0.5) is 0 Å². The van der Waals surface area contributed by atoms with E-state index in [9.17, 15) is 9.59 Å². The van der Waals surface area contributed by atoms with Crippen molar-refractivity contribution >= 4 is 11.8 Å². The van der Waals surface area contributed by atoms with Crippen molar-refractivity contribution in [3.05, 3.63) is 23.8 Å². The number of piperidine rings is 1. The van der Waals surface area contributed by atoms with Crippen molar-refractivity contribution in [3.8, 4) is 0 Å². The molecule has 4 heterocycles. The van der Waals surface area contributed by atoms with E-state index in [0.717, 1.165) is 31.4 Å². The van der Waals surface area contributed by atoms with Crippen molar-refractivity contribution in [2.24, 2.45) is 0 Å². The molecule has 146 valence electrons. The summed E-state index contributed by atoms with van der Waals surface area (Å²) in [4.78, 5) is 37.5. The quantitative estimate of drug-likeness (QED) is 0.728. The highest BCUT2D eigenvalue weighted by Crippen LogP contribution is 2.45. The minimum atomic E-state index is -0.358. The largest absolute Gasteiger partial charge is 0.381 e. The Bertz CT molecular complexity index is 709. The summed E-state index contributed by atoms with van der Waals surface area (Å²) < 4.78 is 11.0. The molecule has 0 aromatic carbocycles. The number of rotatable bonds is 3. The van der Waals surface area contributed by atoms with Crippen LogP contribution in [-0.4, -0.2) is 82.7 Å². The first-order chi connectivity index (χ1) is 13.1. The first-order valence-electron chi connectivity index (χ1n) is 9.58. The Morgan fingerprint density at radius 1 is 1.22 bits per heavy atom. The molecule has 4 rings (SSSR count). The predicted octanol–water partition coefficient (Wildman–Crippen LogP) is 0.796. The van der Waals surface area contributed by atoms with Gasteiger partial charge in [-0.25, -0.2) is 4.98 Å². The summed E-state index contributed by atoms with van der Waals surface area (Å²) >= 11 is 0. The van der Waals surface area contributed by atoms with Crippen LogP contribution in [0.2, 0.25) is 0 Å². The summed E-state index contributed by atoms with van der Waals surface area (Å²) in [5.74, 6) is -0.0139. The zero-order valence-electron chi connectivity index (χ0n) is 15.9. The fourth-order valence-corrected chi connectivity index (χ4v) is 4.72. The van der Waals surface area contributed by atoms with Gasteiger partial charge >= 0.3 is 0 Å². The second-order valence-electron chi connectivity index (χ2n) is 7.61. The second kappa shape index (κ2) is 7.16. The van der Waals surface area contributed by atoms with Gasteiger partial charge in [-0.1, -0.05) is 0 Å². The van der Waals surface area contributed by atoms with Crippen molar-refractivity contribution < 1.29 is 19.1 Å². The average molecular weight is 374 g/mol. The number of ether oxygens (including phenoxy) is 2. The number of amides is 2.